The Hall–Kier alpha value is -0.760. The number of nitrogens with one attached hydrogen (secondary N) is 1. The molecule has 1 aromatic heterocycles. The van der Waals surface area contributed by atoms with Crippen molar-refractivity contribution in [1.82, 2.24) is 9.88 Å². The van der Waals surface area contributed by atoms with Crippen LogP contribution in [0.2, 0.25) is 0 Å². The summed E-state index contributed by atoms with van der Waals surface area (Å²) in [7, 11) is 4.05. The lowest BCUT2D eigenvalue weighted by Crippen LogP contribution is -2.38. The van der Waals surface area contributed by atoms with Gasteiger partial charge in [0, 0.05) is 25.0 Å². The molecule has 0 aliphatic carbocycles. The zero-order valence-corrected chi connectivity index (χ0v) is 8.39. The van der Waals surface area contributed by atoms with Crippen molar-refractivity contribution < 1.29 is 0 Å². The fourth-order valence-electron chi connectivity index (χ4n) is 1.26. The van der Waals surface area contributed by atoms with E-state index in [1.54, 1.807) is 0 Å². The average molecular weight is 166 g/mol. The van der Waals surface area contributed by atoms with E-state index in [0.717, 1.165) is 6.42 Å². The molecular weight excluding hydrogens is 148 g/mol. The summed E-state index contributed by atoms with van der Waals surface area (Å²) >= 11 is 0. The minimum absolute atomic E-state index is 0.196. The van der Waals surface area contributed by atoms with Crippen LogP contribution in [0.5, 0.6) is 0 Å². The third-order valence-corrected chi connectivity index (χ3v) is 2.22. The second kappa shape index (κ2) is 3.31. The predicted octanol–water partition coefficient (Wildman–Crippen LogP) is 1.57. The molecule has 0 aliphatic rings. The highest BCUT2D eigenvalue weighted by atomic mass is 14.9. The van der Waals surface area contributed by atoms with E-state index >= 15 is 0 Å². The van der Waals surface area contributed by atoms with Crippen molar-refractivity contribution in [3.05, 3.63) is 24.0 Å². The van der Waals surface area contributed by atoms with Gasteiger partial charge < -0.3 is 9.88 Å². The van der Waals surface area contributed by atoms with Crippen LogP contribution < -0.4 is 5.32 Å². The molecule has 0 amide bonds. The Morgan fingerprint density at radius 3 is 2.58 bits per heavy atom. The topological polar surface area (TPSA) is 17.0 Å². The highest BCUT2D eigenvalue weighted by Gasteiger charge is 2.15. The Morgan fingerprint density at radius 1 is 1.50 bits per heavy atom. The normalized spacial score (nSPS) is 12.0. The van der Waals surface area contributed by atoms with Gasteiger partial charge in [-0.2, -0.15) is 0 Å². The van der Waals surface area contributed by atoms with Gasteiger partial charge in [0.15, 0.2) is 0 Å². The summed E-state index contributed by atoms with van der Waals surface area (Å²) in [5.74, 6) is 0. The smallest absolute Gasteiger partial charge is 0.0163 e. The summed E-state index contributed by atoms with van der Waals surface area (Å²) in [6.07, 6.45) is 5.32. The molecule has 0 spiro atoms. The minimum Gasteiger partial charge on any atom is -0.357 e. The third-order valence-electron chi connectivity index (χ3n) is 2.22. The summed E-state index contributed by atoms with van der Waals surface area (Å²) in [5, 5.41) is 3.29. The van der Waals surface area contributed by atoms with E-state index in [1.807, 2.05) is 7.05 Å². The first kappa shape index (κ1) is 9.33. The maximum atomic E-state index is 3.29. The Morgan fingerprint density at radius 2 is 2.17 bits per heavy atom. The number of likely N-dealkylation sites (N-methyl/N-ethyl adjacent to an activating group) is 1. The van der Waals surface area contributed by atoms with Crippen LogP contribution in [0, 0.1) is 0 Å². The van der Waals surface area contributed by atoms with Gasteiger partial charge in [-0.15, -0.1) is 0 Å². The summed E-state index contributed by atoms with van der Waals surface area (Å²) in [5.41, 5.74) is 1.58. The maximum Gasteiger partial charge on any atom is 0.0163 e. The molecule has 0 saturated carbocycles. The highest BCUT2D eigenvalue weighted by molar-refractivity contribution is 5.13. The van der Waals surface area contributed by atoms with E-state index in [1.165, 1.54) is 5.56 Å². The molecule has 0 aliphatic heterocycles. The zero-order chi connectivity index (χ0) is 9.19. The minimum atomic E-state index is 0.196. The van der Waals surface area contributed by atoms with Gasteiger partial charge in [-0.3, -0.25) is 0 Å². The molecule has 1 aromatic rings. The molecular formula is C10H18N2. The highest BCUT2D eigenvalue weighted by Crippen LogP contribution is 2.11. The molecule has 1 N–H and O–H groups in total. The molecule has 2 nitrogen and oxygen atoms in total. The van der Waals surface area contributed by atoms with Crippen LogP contribution in [-0.4, -0.2) is 17.2 Å². The molecule has 12 heavy (non-hydrogen) atoms. The lowest BCUT2D eigenvalue weighted by Gasteiger charge is -2.23. The van der Waals surface area contributed by atoms with E-state index in [-0.39, 0.29) is 5.54 Å². The molecule has 0 atom stereocenters. The third kappa shape index (κ3) is 2.38. The van der Waals surface area contributed by atoms with Crippen LogP contribution in [0.25, 0.3) is 0 Å². The van der Waals surface area contributed by atoms with Gasteiger partial charge in [-0.05, 0) is 38.9 Å². The van der Waals surface area contributed by atoms with Crippen molar-refractivity contribution in [2.45, 2.75) is 25.8 Å². The molecule has 1 rings (SSSR count). The Bertz CT molecular complexity index is 248. The van der Waals surface area contributed by atoms with Crippen LogP contribution in [0.1, 0.15) is 19.4 Å². The quantitative estimate of drug-likeness (QED) is 0.721. The van der Waals surface area contributed by atoms with Crippen molar-refractivity contribution >= 4 is 0 Å². The van der Waals surface area contributed by atoms with Crippen LogP contribution in [0.15, 0.2) is 18.5 Å². The predicted molar refractivity (Wildman–Crippen MR) is 52.3 cm³/mol. The molecule has 68 valence electrons. The summed E-state index contributed by atoms with van der Waals surface area (Å²) < 4.78 is 2.08. The van der Waals surface area contributed by atoms with Gasteiger partial charge >= 0.3 is 0 Å². The van der Waals surface area contributed by atoms with Gasteiger partial charge in [0.2, 0.25) is 0 Å². The summed E-state index contributed by atoms with van der Waals surface area (Å²) in [6.45, 7) is 4.42. The number of nitrogens with zero attached hydrogens (tertiary/aromatic N) is 1. The first-order valence-electron chi connectivity index (χ1n) is 4.33. The standard InChI is InChI=1S/C10H18N2/c1-10(2,11-3)7-9-5-6-12(4)8-9/h5-6,8,11H,7H2,1-4H3. The molecule has 0 saturated heterocycles. The second-order valence-corrected chi connectivity index (χ2v) is 4.00. The number of aromatic nitrogens is 1. The van der Waals surface area contributed by atoms with E-state index in [9.17, 15) is 0 Å². The Kier molecular flexibility index (Phi) is 2.58. The monoisotopic (exact) mass is 166 g/mol. The largest absolute Gasteiger partial charge is 0.357 e. The Balaban J connectivity index is 2.63. The lowest BCUT2D eigenvalue weighted by molar-refractivity contribution is 0.422. The molecule has 0 fully saturated rings. The van der Waals surface area contributed by atoms with E-state index in [0.29, 0.717) is 0 Å². The molecule has 1 heterocycles. The first-order valence-corrected chi connectivity index (χ1v) is 4.33. The van der Waals surface area contributed by atoms with Gasteiger partial charge in [0.05, 0.1) is 0 Å². The lowest BCUT2D eigenvalue weighted by atomic mass is 9.97. The van der Waals surface area contributed by atoms with Crippen LogP contribution in [0.4, 0.5) is 0 Å². The number of hydrogen-bond acceptors (Lipinski definition) is 1. The fourth-order valence-corrected chi connectivity index (χ4v) is 1.26. The van der Waals surface area contributed by atoms with Crippen LogP contribution in [0.3, 0.4) is 0 Å². The van der Waals surface area contributed by atoms with Gasteiger partial charge in [-0.25, -0.2) is 0 Å². The average Bonchev–Trinajstić information content (AvgIpc) is 2.35. The van der Waals surface area contributed by atoms with Crippen molar-refractivity contribution in [3.63, 3.8) is 0 Å². The molecule has 0 unspecified atom stereocenters. The summed E-state index contributed by atoms with van der Waals surface area (Å²) in [4.78, 5) is 0. The van der Waals surface area contributed by atoms with E-state index in [2.05, 4.69) is 49.2 Å². The SMILES string of the molecule is CNC(C)(C)Cc1ccn(C)c1. The van der Waals surface area contributed by atoms with E-state index < -0.39 is 0 Å². The van der Waals surface area contributed by atoms with Gasteiger partial charge in [0.1, 0.15) is 0 Å². The zero-order valence-electron chi connectivity index (χ0n) is 8.39. The van der Waals surface area contributed by atoms with Crippen molar-refractivity contribution in [3.8, 4) is 0 Å². The van der Waals surface area contributed by atoms with Gasteiger partial charge in [-0.1, -0.05) is 0 Å². The number of rotatable bonds is 3. The molecule has 0 bridgehead atoms. The van der Waals surface area contributed by atoms with E-state index in [4.69, 9.17) is 0 Å². The maximum absolute atomic E-state index is 3.29. The van der Waals surface area contributed by atoms with Gasteiger partial charge in [0.25, 0.3) is 0 Å². The number of hydrogen-bond donors (Lipinski definition) is 1. The Labute approximate surface area is 74.6 Å². The van der Waals surface area contributed by atoms with Crippen molar-refractivity contribution in [2.24, 2.45) is 7.05 Å². The van der Waals surface area contributed by atoms with Crippen LogP contribution >= 0.6 is 0 Å². The first-order chi connectivity index (χ1) is 5.53. The second-order valence-electron chi connectivity index (χ2n) is 4.00. The summed E-state index contributed by atoms with van der Waals surface area (Å²) in [6, 6.07) is 2.17. The van der Waals surface area contributed by atoms with Crippen molar-refractivity contribution in [2.75, 3.05) is 7.05 Å². The van der Waals surface area contributed by atoms with Crippen molar-refractivity contribution in [1.29, 1.82) is 0 Å². The fraction of sp³-hybridized carbons (Fsp3) is 0.600. The number of aryl methyl sites for hydroxylation is 1. The molecule has 2 heteroatoms. The molecule has 0 aromatic carbocycles. The van der Waals surface area contributed by atoms with Crippen LogP contribution in [-0.2, 0) is 13.5 Å². The molecule has 0 radical (unpaired) electrons.